The largest absolute Gasteiger partial charge is 0.416 e. The van der Waals surface area contributed by atoms with Gasteiger partial charge in [-0.3, -0.25) is 0 Å². The number of nitrogens with one attached hydrogen (secondary N) is 1. The summed E-state index contributed by atoms with van der Waals surface area (Å²) in [5, 5.41) is 2.97. The van der Waals surface area contributed by atoms with Gasteiger partial charge in [-0.25, -0.2) is 18.4 Å². The monoisotopic (exact) mass is 393 g/mol. The zero-order chi connectivity index (χ0) is 19.7. The number of rotatable bonds is 4. The first-order valence-corrected chi connectivity index (χ1v) is 9.59. The molecule has 0 aliphatic rings. The maximum atomic E-state index is 12.7. The Bertz CT molecular complexity index is 1070. The molecule has 0 bridgehead atoms. The molecule has 1 aromatic heterocycles. The Hall–Kier alpha value is -2.94. The minimum absolute atomic E-state index is 0.157. The fourth-order valence-corrected chi connectivity index (χ4v) is 3.03. The highest BCUT2D eigenvalue weighted by atomic mass is 32.2. The predicted octanol–water partition coefficient (Wildman–Crippen LogP) is 4.31. The number of alkyl halides is 3. The normalized spacial score (nSPS) is 12.0. The van der Waals surface area contributed by atoms with E-state index in [4.69, 9.17) is 0 Å². The third kappa shape index (κ3) is 4.62. The van der Waals surface area contributed by atoms with Crippen LogP contribution in [0, 0.1) is 0 Å². The van der Waals surface area contributed by atoms with Gasteiger partial charge in [-0.2, -0.15) is 13.2 Å². The van der Waals surface area contributed by atoms with Crippen molar-refractivity contribution in [3.63, 3.8) is 0 Å². The van der Waals surface area contributed by atoms with Gasteiger partial charge in [-0.05, 0) is 30.3 Å². The van der Waals surface area contributed by atoms with Gasteiger partial charge < -0.3 is 5.32 Å². The molecule has 5 nitrogen and oxygen atoms in total. The first-order chi connectivity index (χ1) is 12.6. The summed E-state index contributed by atoms with van der Waals surface area (Å²) in [6.45, 7) is 0. The Morgan fingerprint density at radius 3 is 2.30 bits per heavy atom. The van der Waals surface area contributed by atoms with Gasteiger partial charge in [0.1, 0.15) is 12.1 Å². The van der Waals surface area contributed by atoms with Crippen LogP contribution < -0.4 is 5.32 Å². The maximum Gasteiger partial charge on any atom is 0.416 e. The third-order valence-corrected chi connectivity index (χ3v) is 4.82. The van der Waals surface area contributed by atoms with Gasteiger partial charge in [-0.1, -0.05) is 18.2 Å². The van der Waals surface area contributed by atoms with Crippen molar-refractivity contribution >= 4 is 21.3 Å². The van der Waals surface area contributed by atoms with Crippen molar-refractivity contribution in [2.24, 2.45) is 0 Å². The number of sulfone groups is 1. The molecule has 27 heavy (non-hydrogen) atoms. The lowest BCUT2D eigenvalue weighted by Gasteiger charge is -2.09. The summed E-state index contributed by atoms with van der Waals surface area (Å²) in [5.41, 5.74) is 0.699. The summed E-state index contributed by atoms with van der Waals surface area (Å²) in [7, 11) is -3.35. The van der Waals surface area contributed by atoms with E-state index in [0.29, 0.717) is 22.8 Å². The van der Waals surface area contributed by atoms with Gasteiger partial charge in [-0.15, -0.1) is 0 Å². The molecule has 0 unspecified atom stereocenters. The summed E-state index contributed by atoms with van der Waals surface area (Å²) < 4.78 is 61.3. The standard InChI is InChI=1S/C18H14F3N3O2S/c1-27(25,26)15-4-2-3-14(9-15)24-17-10-16(22-11-23-17)12-5-7-13(8-6-12)18(19,20)21/h2-11H,1H3,(H,22,23,24). The molecule has 0 saturated carbocycles. The van der Waals surface area contributed by atoms with Crippen LogP contribution in [-0.2, 0) is 16.0 Å². The lowest BCUT2D eigenvalue weighted by molar-refractivity contribution is -0.137. The highest BCUT2D eigenvalue weighted by molar-refractivity contribution is 7.90. The first kappa shape index (κ1) is 18.8. The number of benzene rings is 2. The van der Waals surface area contributed by atoms with E-state index in [2.05, 4.69) is 15.3 Å². The summed E-state index contributed by atoms with van der Waals surface area (Å²) in [5.74, 6) is 0.380. The van der Waals surface area contributed by atoms with Gasteiger partial charge in [0.05, 0.1) is 16.2 Å². The lowest BCUT2D eigenvalue weighted by Crippen LogP contribution is -2.04. The van der Waals surface area contributed by atoms with Crippen LogP contribution in [0.15, 0.2) is 65.8 Å². The molecular weight excluding hydrogens is 379 g/mol. The van der Waals surface area contributed by atoms with E-state index in [1.54, 1.807) is 18.2 Å². The SMILES string of the molecule is CS(=O)(=O)c1cccc(Nc2cc(-c3ccc(C(F)(F)F)cc3)ncn2)c1. The number of hydrogen-bond acceptors (Lipinski definition) is 5. The van der Waals surface area contributed by atoms with Crippen LogP contribution in [-0.4, -0.2) is 24.6 Å². The van der Waals surface area contributed by atoms with Gasteiger partial charge in [0.2, 0.25) is 0 Å². The van der Waals surface area contributed by atoms with Crippen LogP contribution in [0.3, 0.4) is 0 Å². The van der Waals surface area contributed by atoms with Crippen molar-refractivity contribution < 1.29 is 21.6 Å². The Labute approximate surface area is 153 Å². The molecule has 0 fully saturated rings. The highest BCUT2D eigenvalue weighted by Gasteiger charge is 2.30. The van der Waals surface area contributed by atoms with Crippen LogP contribution in [0.2, 0.25) is 0 Å². The van der Waals surface area contributed by atoms with E-state index in [1.807, 2.05) is 0 Å². The molecule has 140 valence electrons. The molecular formula is C18H14F3N3O2S. The number of nitrogens with zero attached hydrogens (tertiary/aromatic N) is 2. The van der Waals surface area contributed by atoms with Crippen LogP contribution in [0.25, 0.3) is 11.3 Å². The quantitative estimate of drug-likeness (QED) is 0.715. The molecule has 0 saturated heterocycles. The molecule has 9 heteroatoms. The second kappa shape index (κ2) is 6.99. The van der Waals surface area contributed by atoms with Gasteiger partial charge in [0, 0.05) is 23.6 Å². The minimum atomic E-state index is -4.40. The molecule has 0 radical (unpaired) electrons. The average molecular weight is 393 g/mol. The molecule has 1 heterocycles. The van der Waals surface area contributed by atoms with Crippen LogP contribution >= 0.6 is 0 Å². The molecule has 1 N–H and O–H groups in total. The van der Waals surface area contributed by atoms with Crippen molar-refractivity contribution in [1.82, 2.24) is 9.97 Å². The van der Waals surface area contributed by atoms with E-state index in [1.165, 1.54) is 30.6 Å². The van der Waals surface area contributed by atoms with E-state index in [0.717, 1.165) is 18.4 Å². The van der Waals surface area contributed by atoms with Gasteiger partial charge in [0.15, 0.2) is 9.84 Å². The van der Waals surface area contributed by atoms with Crippen LogP contribution in [0.1, 0.15) is 5.56 Å². The van der Waals surface area contributed by atoms with Gasteiger partial charge in [0.25, 0.3) is 0 Å². The van der Waals surface area contributed by atoms with E-state index >= 15 is 0 Å². The van der Waals surface area contributed by atoms with E-state index in [9.17, 15) is 21.6 Å². The van der Waals surface area contributed by atoms with Crippen molar-refractivity contribution in [1.29, 1.82) is 0 Å². The highest BCUT2D eigenvalue weighted by Crippen LogP contribution is 2.31. The van der Waals surface area contributed by atoms with Crippen LogP contribution in [0.5, 0.6) is 0 Å². The number of aromatic nitrogens is 2. The first-order valence-electron chi connectivity index (χ1n) is 7.70. The molecule has 0 amide bonds. The van der Waals surface area contributed by atoms with Crippen molar-refractivity contribution in [2.75, 3.05) is 11.6 Å². The van der Waals surface area contributed by atoms with Crippen molar-refractivity contribution in [3.05, 3.63) is 66.5 Å². The number of halogens is 3. The number of anilines is 2. The molecule has 0 aliphatic heterocycles. The van der Waals surface area contributed by atoms with Gasteiger partial charge >= 0.3 is 6.18 Å². The Morgan fingerprint density at radius 1 is 0.963 bits per heavy atom. The second-order valence-electron chi connectivity index (χ2n) is 5.79. The summed E-state index contributed by atoms with van der Waals surface area (Å²) in [6.07, 6.45) is -2.02. The molecule has 2 aromatic carbocycles. The lowest BCUT2D eigenvalue weighted by atomic mass is 10.1. The average Bonchev–Trinajstić information content (AvgIpc) is 2.61. The second-order valence-corrected chi connectivity index (χ2v) is 7.80. The smallest absolute Gasteiger partial charge is 0.340 e. The van der Waals surface area contributed by atoms with E-state index in [-0.39, 0.29) is 4.90 Å². The molecule has 0 atom stereocenters. The Morgan fingerprint density at radius 2 is 1.67 bits per heavy atom. The zero-order valence-corrected chi connectivity index (χ0v) is 14.8. The van der Waals surface area contributed by atoms with Crippen molar-refractivity contribution in [3.8, 4) is 11.3 Å². The Balaban J connectivity index is 1.86. The topological polar surface area (TPSA) is 72.0 Å². The fourth-order valence-electron chi connectivity index (χ4n) is 2.37. The summed E-state index contributed by atoms with van der Waals surface area (Å²) >= 11 is 0. The summed E-state index contributed by atoms with van der Waals surface area (Å²) in [6, 6.07) is 12.4. The molecule has 3 aromatic rings. The Kier molecular flexibility index (Phi) is 4.88. The zero-order valence-electron chi connectivity index (χ0n) is 14.0. The molecule has 3 rings (SSSR count). The maximum absolute atomic E-state index is 12.7. The molecule has 0 spiro atoms. The number of hydrogen-bond donors (Lipinski definition) is 1. The minimum Gasteiger partial charge on any atom is -0.340 e. The van der Waals surface area contributed by atoms with Crippen molar-refractivity contribution in [2.45, 2.75) is 11.1 Å². The molecule has 0 aliphatic carbocycles. The van der Waals surface area contributed by atoms with E-state index < -0.39 is 21.6 Å². The summed E-state index contributed by atoms with van der Waals surface area (Å²) in [4.78, 5) is 8.29. The van der Waals surface area contributed by atoms with Crippen LogP contribution in [0.4, 0.5) is 24.7 Å². The fraction of sp³-hybridized carbons (Fsp3) is 0.111. The predicted molar refractivity (Wildman–Crippen MR) is 95.3 cm³/mol. The third-order valence-electron chi connectivity index (χ3n) is 3.71.